The Kier molecular flexibility index (Phi) is 7.33. The summed E-state index contributed by atoms with van der Waals surface area (Å²) in [6.45, 7) is 7.22. The van der Waals surface area contributed by atoms with Gasteiger partial charge in [-0.05, 0) is 65.2 Å². The molecule has 0 aromatic rings. The standard InChI is InChI=1S/C18H33NO6S/c1-18(2,3)25-17(20)19-11-9-16(10-12-19)24-15-7-5-14(6-8-15)13-23-26(4,21)22/h14-16H,5-13H2,1-4H3. The van der Waals surface area contributed by atoms with Gasteiger partial charge in [0.05, 0.1) is 25.1 Å². The molecule has 0 N–H and O–H groups in total. The molecule has 1 saturated heterocycles. The number of rotatable bonds is 5. The summed E-state index contributed by atoms with van der Waals surface area (Å²) < 4.78 is 38.7. The molecule has 7 nitrogen and oxygen atoms in total. The molecule has 152 valence electrons. The maximum atomic E-state index is 12.1. The van der Waals surface area contributed by atoms with E-state index in [9.17, 15) is 13.2 Å². The lowest BCUT2D eigenvalue weighted by Crippen LogP contribution is -2.44. The van der Waals surface area contributed by atoms with Gasteiger partial charge in [-0.3, -0.25) is 4.18 Å². The average Bonchev–Trinajstić information content (AvgIpc) is 2.52. The molecule has 0 bridgehead atoms. The molecule has 0 unspecified atom stereocenters. The third-order valence-corrected chi connectivity index (χ3v) is 5.35. The van der Waals surface area contributed by atoms with Crippen LogP contribution in [0, 0.1) is 5.92 Å². The van der Waals surface area contributed by atoms with Crippen molar-refractivity contribution in [2.75, 3.05) is 26.0 Å². The van der Waals surface area contributed by atoms with E-state index in [2.05, 4.69) is 0 Å². The fraction of sp³-hybridized carbons (Fsp3) is 0.944. The van der Waals surface area contributed by atoms with Crippen LogP contribution in [0.1, 0.15) is 59.3 Å². The zero-order valence-corrected chi connectivity index (χ0v) is 17.2. The molecule has 2 fully saturated rings. The van der Waals surface area contributed by atoms with E-state index >= 15 is 0 Å². The van der Waals surface area contributed by atoms with Gasteiger partial charge in [0.25, 0.3) is 10.1 Å². The smallest absolute Gasteiger partial charge is 0.410 e. The van der Waals surface area contributed by atoms with E-state index in [0.29, 0.717) is 19.0 Å². The molecule has 0 spiro atoms. The summed E-state index contributed by atoms with van der Waals surface area (Å²) in [7, 11) is -3.36. The Balaban J connectivity index is 1.65. The number of carbonyl (C=O) groups excluding carboxylic acids is 1. The van der Waals surface area contributed by atoms with Gasteiger partial charge in [-0.1, -0.05) is 0 Å². The predicted octanol–water partition coefficient (Wildman–Crippen LogP) is 2.94. The molecule has 1 aliphatic carbocycles. The lowest BCUT2D eigenvalue weighted by molar-refractivity contribution is -0.0639. The van der Waals surface area contributed by atoms with Crippen molar-refractivity contribution in [3.8, 4) is 0 Å². The summed E-state index contributed by atoms with van der Waals surface area (Å²) in [6.07, 6.45) is 6.63. The highest BCUT2D eigenvalue weighted by atomic mass is 32.2. The number of ether oxygens (including phenoxy) is 2. The zero-order valence-electron chi connectivity index (χ0n) is 16.4. The topological polar surface area (TPSA) is 82.1 Å². The van der Waals surface area contributed by atoms with E-state index in [-0.39, 0.29) is 24.9 Å². The molecule has 0 aromatic heterocycles. The number of likely N-dealkylation sites (tertiary alicyclic amines) is 1. The molecule has 2 rings (SSSR count). The highest BCUT2D eigenvalue weighted by molar-refractivity contribution is 7.85. The second-order valence-corrected chi connectivity index (χ2v) is 10.1. The van der Waals surface area contributed by atoms with Gasteiger partial charge >= 0.3 is 6.09 Å². The van der Waals surface area contributed by atoms with Crippen LogP contribution < -0.4 is 0 Å². The van der Waals surface area contributed by atoms with E-state index in [4.69, 9.17) is 13.7 Å². The summed E-state index contributed by atoms with van der Waals surface area (Å²) >= 11 is 0. The minimum atomic E-state index is -3.36. The Labute approximate surface area is 157 Å². The molecule has 2 aliphatic rings. The molecule has 1 amide bonds. The normalized spacial score (nSPS) is 25.9. The van der Waals surface area contributed by atoms with Gasteiger partial charge in [-0.25, -0.2) is 4.79 Å². The molecule has 1 heterocycles. The average molecular weight is 392 g/mol. The highest BCUT2D eigenvalue weighted by Gasteiger charge is 2.30. The maximum absolute atomic E-state index is 12.1. The molecule has 0 radical (unpaired) electrons. The molecule has 8 heteroatoms. The molecular formula is C18H33NO6S. The second kappa shape index (κ2) is 8.89. The third kappa shape index (κ3) is 7.80. The molecule has 26 heavy (non-hydrogen) atoms. The number of amides is 1. The summed E-state index contributed by atoms with van der Waals surface area (Å²) in [5.74, 6) is 0.290. The molecular weight excluding hydrogens is 358 g/mol. The van der Waals surface area contributed by atoms with Gasteiger partial charge < -0.3 is 14.4 Å². The van der Waals surface area contributed by atoms with Crippen molar-refractivity contribution in [3.05, 3.63) is 0 Å². The van der Waals surface area contributed by atoms with Crippen molar-refractivity contribution in [1.82, 2.24) is 4.90 Å². The SMILES string of the molecule is CC(C)(C)OC(=O)N1CCC(OC2CCC(COS(C)(=O)=O)CC2)CC1. The van der Waals surface area contributed by atoms with Crippen LogP contribution in [0.25, 0.3) is 0 Å². The summed E-state index contributed by atoms with van der Waals surface area (Å²) in [6, 6.07) is 0. The largest absolute Gasteiger partial charge is 0.444 e. The first-order valence-electron chi connectivity index (χ1n) is 9.49. The monoisotopic (exact) mass is 391 g/mol. The van der Waals surface area contributed by atoms with Crippen molar-refractivity contribution in [1.29, 1.82) is 0 Å². The van der Waals surface area contributed by atoms with Gasteiger partial charge in [0.15, 0.2) is 0 Å². The Morgan fingerprint density at radius 1 is 1.00 bits per heavy atom. The highest BCUT2D eigenvalue weighted by Crippen LogP contribution is 2.29. The van der Waals surface area contributed by atoms with Crippen LogP contribution in [-0.2, 0) is 23.8 Å². The van der Waals surface area contributed by atoms with Crippen molar-refractivity contribution in [3.63, 3.8) is 0 Å². The molecule has 1 saturated carbocycles. The zero-order chi connectivity index (χ0) is 19.4. The van der Waals surface area contributed by atoms with Gasteiger partial charge in [0.1, 0.15) is 5.60 Å². The first-order chi connectivity index (χ1) is 12.0. The second-order valence-electron chi connectivity index (χ2n) is 8.43. The van der Waals surface area contributed by atoms with E-state index in [1.54, 1.807) is 4.90 Å². The van der Waals surface area contributed by atoms with Gasteiger partial charge in [-0.15, -0.1) is 0 Å². The number of hydrogen-bond acceptors (Lipinski definition) is 6. The lowest BCUT2D eigenvalue weighted by Gasteiger charge is -2.36. The number of carbonyl (C=O) groups is 1. The fourth-order valence-corrected chi connectivity index (χ4v) is 3.87. The number of piperidine rings is 1. The van der Waals surface area contributed by atoms with E-state index in [1.165, 1.54) is 0 Å². The van der Waals surface area contributed by atoms with E-state index < -0.39 is 15.7 Å². The quantitative estimate of drug-likeness (QED) is 0.670. The van der Waals surface area contributed by atoms with Crippen LogP contribution in [-0.4, -0.2) is 63.2 Å². The van der Waals surface area contributed by atoms with Crippen molar-refractivity contribution in [2.24, 2.45) is 5.92 Å². The Morgan fingerprint density at radius 2 is 1.54 bits per heavy atom. The van der Waals surface area contributed by atoms with Crippen molar-refractivity contribution < 1.29 is 26.9 Å². The summed E-state index contributed by atoms with van der Waals surface area (Å²) in [4.78, 5) is 13.8. The van der Waals surface area contributed by atoms with Gasteiger partial charge in [0, 0.05) is 13.1 Å². The van der Waals surface area contributed by atoms with E-state index in [1.807, 2.05) is 20.8 Å². The first-order valence-corrected chi connectivity index (χ1v) is 11.3. The van der Waals surface area contributed by atoms with Crippen molar-refractivity contribution in [2.45, 2.75) is 77.1 Å². The fourth-order valence-electron chi connectivity index (χ4n) is 3.43. The van der Waals surface area contributed by atoms with Gasteiger partial charge in [-0.2, -0.15) is 8.42 Å². The summed E-state index contributed by atoms with van der Waals surface area (Å²) in [5, 5.41) is 0. The van der Waals surface area contributed by atoms with Gasteiger partial charge in [0.2, 0.25) is 0 Å². The molecule has 0 aromatic carbocycles. The minimum Gasteiger partial charge on any atom is -0.444 e. The Morgan fingerprint density at radius 3 is 2.04 bits per heavy atom. The van der Waals surface area contributed by atoms with Crippen LogP contribution >= 0.6 is 0 Å². The van der Waals surface area contributed by atoms with Crippen LogP contribution in [0.3, 0.4) is 0 Å². The first kappa shape index (κ1) is 21.4. The third-order valence-electron chi connectivity index (χ3n) is 4.79. The predicted molar refractivity (Wildman–Crippen MR) is 98.5 cm³/mol. The number of hydrogen-bond donors (Lipinski definition) is 0. The van der Waals surface area contributed by atoms with Crippen LogP contribution in [0.4, 0.5) is 4.79 Å². The Bertz CT molecular complexity index is 555. The number of nitrogens with zero attached hydrogens (tertiary/aromatic N) is 1. The maximum Gasteiger partial charge on any atom is 0.410 e. The van der Waals surface area contributed by atoms with Crippen LogP contribution in [0.5, 0.6) is 0 Å². The van der Waals surface area contributed by atoms with E-state index in [0.717, 1.165) is 44.8 Å². The summed E-state index contributed by atoms with van der Waals surface area (Å²) in [5.41, 5.74) is -0.468. The van der Waals surface area contributed by atoms with Crippen LogP contribution in [0.2, 0.25) is 0 Å². The van der Waals surface area contributed by atoms with Crippen molar-refractivity contribution >= 4 is 16.2 Å². The lowest BCUT2D eigenvalue weighted by atomic mass is 9.88. The Hall–Kier alpha value is -0.860. The molecule has 1 aliphatic heterocycles. The minimum absolute atomic E-state index is 0.183. The molecule has 0 atom stereocenters. The van der Waals surface area contributed by atoms with Crippen LogP contribution in [0.15, 0.2) is 0 Å².